The summed E-state index contributed by atoms with van der Waals surface area (Å²) >= 11 is 0. The van der Waals surface area contributed by atoms with Crippen LogP contribution in [-0.4, -0.2) is 93.4 Å². The van der Waals surface area contributed by atoms with Crippen LogP contribution in [0.15, 0.2) is 121 Å². The van der Waals surface area contributed by atoms with Crippen molar-refractivity contribution in [2.24, 2.45) is 0 Å². The predicted molar refractivity (Wildman–Crippen MR) is 302 cm³/mol. The lowest BCUT2D eigenvalue weighted by Gasteiger charge is -2.29. The van der Waals surface area contributed by atoms with Gasteiger partial charge in [0, 0.05) is 38.3 Å². The molecule has 8 fully saturated rings. The van der Waals surface area contributed by atoms with Gasteiger partial charge in [0.15, 0.2) is 0 Å². The van der Waals surface area contributed by atoms with Crippen LogP contribution in [0.2, 0.25) is 0 Å². The molecule has 0 radical (unpaired) electrons. The van der Waals surface area contributed by atoms with Crippen LogP contribution >= 0.6 is 34.1 Å². The third kappa shape index (κ3) is 13.1. The maximum atomic E-state index is 6.38. The van der Waals surface area contributed by atoms with E-state index in [2.05, 4.69) is 209 Å². The van der Waals surface area contributed by atoms with Gasteiger partial charge in [0.05, 0.1) is 36.5 Å². The Labute approximate surface area is 449 Å². The van der Waals surface area contributed by atoms with Crippen molar-refractivity contribution >= 4 is 34.1 Å². The predicted octanol–water partition coefficient (Wildman–Crippen LogP) is 15.8. The van der Waals surface area contributed by atoms with Crippen molar-refractivity contribution in [1.82, 2.24) is 18.7 Å². The molecule has 8 aliphatic heterocycles. The molecule has 0 spiro atoms. The largest absolute Gasteiger partial charge is 0.319 e. The fourth-order valence-electron chi connectivity index (χ4n) is 11.5. The highest BCUT2D eigenvalue weighted by Crippen LogP contribution is 2.65. The fraction of sp³-hybridized carbons (Fsp3) is 0.586. The van der Waals surface area contributed by atoms with Crippen LogP contribution in [0.1, 0.15) is 155 Å². The number of fused-ring (bicyclic) bond motifs is 4. The summed E-state index contributed by atoms with van der Waals surface area (Å²) in [6.07, 6.45) is 11.1. The summed E-state index contributed by atoms with van der Waals surface area (Å²) in [6, 6.07) is 44.2. The van der Waals surface area contributed by atoms with Crippen LogP contribution in [0.4, 0.5) is 0 Å². The summed E-state index contributed by atoms with van der Waals surface area (Å²) in [7, 11) is -3.52. The van der Waals surface area contributed by atoms with E-state index < -0.39 is 34.1 Å². The second-order valence-corrected chi connectivity index (χ2v) is 27.5. The van der Waals surface area contributed by atoms with E-state index in [4.69, 9.17) is 36.2 Å². The minimum absolute atomic E-state index is 0.193. The molecule has 12 rings (SSSR count). The zero-order valence-electron chi connectivity index (χ0n) is 45.6. The molecule has 0 saturated carbocycles. The highest BCUT2D eigenvalue weighted by atomic mass is 31.2. The molecule has 0 aromatic heterocycles. The number of nitrogens with zero attached hydrogens (tertiary/aromatic N) is 4. The molecular weight excluding hydrogens is 1000 g/mol. The Bertz CT molecular complexity index is 2160. The van der Waals surface area contributed by atoms with Gasteiger partial charge in [0.2, 0.25) is 0 Å². The normalized spacial score (nSPS) is 33.5. The lowest BCUT2D eigenvalue weighted by atomic mass is 9.87. The second kappa shape index (κ2) is 25.9. The van der Waals surface area contributed by atoms with E-state index in [9.17, 15) is 0 Å². The molecule has 0 N–H and O–H groups in total. The van der Waals surface area contributed by atoms with Gasteiger partial charge in [-0.3, -0.25) is 0 Å². The molecule has 4 aromatic carbocycles. The van der Waals surface area contributed by atoms with E-state index in [1.54, 1.807) is 0 Å². The number of rotatable bonds is 12. The first-order chi connectivity index (χ1) is 35.7. The van der Waals surface area contributed by atoms with Gasteiger partial charge in [-0.15, -0.1) is 0 Å². The van der Waals surface area contributed by atoms with Gasteiger partial charge in [0.1, 0.15) is 23.4 Å². The monoisotopic (exact) mass is 1090 g/mol. The van der Waals surface area contributed by atoms with Crippen molar-refractivity contribution in [3.05, 3.63) is 144 Å². The average Bonchev–Trinajstić information content (AvgIpc) is 4.27. The minimum Gasteiger partial charge on any atom is -0.319 e. The van der Waals surface area contributed by atoms with E-state index in [1.807, 2.05) is 0 Å². The summed E-state index contributed by atoms with van der Waals surface area (Å²) in [5, 5.41) is 0. The van der Waals surface area contributed by atoms with Crippen molar-refractivity contribution in [3.63, 3.8) is 0 Å². The molecule has 8 saturated heterocycles. The molecule has 404 valence electrons. The molecule has 8 heterocycles. The third-order valence-corrected chi connectivity index (χ3v) is 22.8. The summed E-state index contributed by atoms with van der Waals surface area (Å²) < 4.78 is 58.8. The first kappa shape index (κ1) is 56.8. The van der Waals surface area contributed by atoms with Crippen LogP contribution in [0, 0.1) is 0 Å². The zero-order chi connectivity index (χ0) is 52.0. The third-order valence-electron chi connectivity index (χ3n) is 14.9. The van der Waals surface area contributed by atoms with Gasteiger partial charge in [0.25, 0.3) is 34.1 Å². The van der Waals surface area contributed by atoms with Gasteiger partial charge in [-0.05, 0) is 143 Å². The van der Waals surface area contributed by atoms with Gasteiger partial charge < -0.3 is 36.2 Å². The Balaban J connectivity index is 0.000000121. The van der Waals surface area contributed by atoms with E-state index >= 15 is 0 Å². The van der Waals surface area contributed by atoms with Gasteiger partial charge >= 0.3 is 0 Å². The SMILES string of the molecule is CC(C)O[P@@]1O[C@H](c2ccccc2)[C@@H]2CCCN21.CC(C)O[P@@]1O[C@](C)(c2ccccc2)[C@@H]2CCCN21.CC(C)O[P@]1O[C@@H](c2ccccc2)[C@H]2CCCN21.CC(C)O[P@]1O[C@@](C)(c2ccccc2)[C@H]2CCCN21. The Morgan fingerprint density at radius 1 is 0.405 bits per heavy atom. The van der Waals surface area contributed by atoms with Crippen LogP contribution in [0.5, 0.6) is 0 Å². The molecule has 0 aliphatic carbocycles. The molecule has 74 heavy (non-hydrogen) atoms. The minimum atomic E-state index is -0.903. The molecule has 8 aliphatic rings. The van der Waals surface area contributed by atoms with Crippen molar-refractivity contribution < 1.29 is 36.2 Å². The topological polar surface area (TPSA) is 86.8 Å². The van der Waals surface area contributed by atoms with Gasteiger partial charge in [-0.25, -0.2) is 18.7 Å². The Kier molecular flexibility index (Phi) is 19.9. The van der Waals surface area contributed by atoms with Gasteiger partial charge in [-0.2, -0.15) is 0 Å². The zero-order valence-corrected chi connectivity index (χ0v) is 49.2. The van der Waals surface area contributed by atoms with Crippen molar-refractivity contribution in [2.45, 2.75) is 193 Å². The summed E-state index contributed by atoms with van der Waals surface area (Å²) in [5.74, 6) is 0. The number of hydrogen-bond acceptors (Lipinski definition) is 12. The summed E-state index contributed by atoms with van der Waals surface area (Å²) in [5.41, 5.74) is 4.66. The Morgan fingerprint density at radius 2 is 0.703 bits per heavy atom. The Morgan fingerprint density at radius 3 is 1.04 bits per heavy atom. The first-order valence-electron chi connectivity index (χ1n) is 27.6. The quantitative estimate of drug-likeness (QED) is 0.127. The van der Waals surface area contributed by atoms with Crippen LogP contribution in [0.25, 0.3) is 0 Å². The summed E-state index contributed by atoms with van der Waals surface area (Å²) in [4.78, 5) is 0. The van der Waals surface area contributed by atoms with E-state index in [-0.39, 0.29) is 47.8 Å². The Hall–Kier alpha value is -1.88. The van der Waals surface area contributed by atoms with Crippen molar-refractivity contribution in [2.75, 3.05) is 26.2 Å². The molecule has 16 heteroatoms. The molecule has 0 amide bonds. The lowest BCUT2D eigenvalue weighted by molar-refractivity contribution is 0.0748. The van der Waals surface area contributed by atoms with Crippen LogP contribution in [-0.2, 0) is 47.4 Å². The van der Waals surface area contributed by atoms with Crippen molar-refractivity contribution in [1.29, 1.82) is 0 Å². The van der Waals surface area contributed by atoms with Crippen molar-refractivity contribution in [3.8, 4) is 0 Å². The number of benzene rings is 4. The smallest absolute Gasteiger partial charge is 0.260 e. The first-order valence-corrected chi connectivity index (χ1v) is 32.1. The second-order valence-electron chi connectivity index (χ2n) is 22.0. The maximum Gasteiger partial charge on any atom is 0.260 e. The van der Waals surface area contributed by atoms with E-state index in [0.29, 0.717) is 24.2 Å². The average molecular weight is 1090 g/mol. The van der Waals surface area contributed by atoms with E-state index in [1.165, 1.54) is 73.6 Å². The molecular formula is C58H84N4O8P4. The molecule has 4 aromatic rings. The molecule has 12 atom stereocenters. The van der Waals surface area contributed by atoms with E-state index in [0.717, 1.165) is 26.2 Å². The standard InChI is InChI=1S/2C15H22NO2P.2C14H20NO2P/c2*1-12(2)17-19-16-11-7-10-14(16)15(3,18-19)13-8-5-4-6-9-13;2*1-11(2)16-18-15-10-6-9-13(15)14(17-18)12-7-4-3-5-8-12/h2*4-6,8-9,12,14H,7,10-11H2,1-3H3;2*3-5,7-8,11,13-14H,6,9-10H2,1-2H3/t2*14-,15+,19-;2*13-,14+,18-/m1010/s1. The number of hydrogen-bond donors (Lipinski definition) is 0. The molecule has 0 bridgehead atoms. The van der Waals surface area contributed by atoms with Crippen LogP contribution < -0.4 is 0 Å². The summed E-state index contributed by atoms with van der Waals surface area (Å²) in [6.45, 7) is 25.5. The fourth-order valence-corrected chi connectivity index (χ4v) is 19.4. The lowest BCUT2D eigenvalue weighted by Crippen LogP contribution is -2.36. The highest BCUT2D eigenvalue weighted by molar-refractivity contribution is 7.45. The highest BCUT2D eigenvalue weighted by Gasteiger charge is 2.56. The maximum absolute atomic E-state index is 6.38. The molecule has 0 unspecified atom stereocenters. The van der Waals surface area contributed by atoms with Crippen LogP contribution in [0.3, 0.4) is 0 Å². The molecule has 12 nitrogen and oxygen atoms in total. The van der Waals surface area contributed by atoms with Gasteiger partial charge in [-0.1, -0.05) is 121 Å².